The molecule has 0 rings (SSSR count). The molecule has 0 fully saturated rings. The van der Waals surface area contributed by atoms with E-state index in [-0.39, 0.29) is 26.1 Å². The van der Waals surface area contributed by atoms with Gasteiger partial charge in [0.1, 0.15) is 19.8 Å². The summed E-state index contributed by atoms with van der Waals surface area (Å²) in [4.78, 5) is 35.6. The van der Waals surface area contributed by atoms with Crippen molar-refractivity contribution in [2.75, 3.05) is 47.5 Å². The molecular weight excluding hydrogens is 942 g/mol. The summed E-state index contributed by atoms with van der Waals surface area (Å²) in [5.41, 5.74) is 0. The van der Waals surface area contributed by atoms with E-state index in [9.17, 15) is 19.0 Å². The molecule has 0 saturated heterocycles. The number of rotatable bonds is 50. The number of phosphoric acid groups is 1. The van der Waals surface area contributed by atoms with Gasteiger partial charge in [-0.2, -0.15) is 0 Å². The highest BCUT2D eigenvalue weighted by atomic mass is 31.2. The summed E-state index contributed by atoms with van der Waals surface area (Å²) < 4.78 is 34.5. The molecule has 0 heterocycles. The smallest absolute Gasteiger partial charge is 0.462 e. The molecule has 0 aromatic rings. The van der Waals surface area contributed by atoms with Crippen molar-refractivity contribution in [3.63, 3.8) is 0 Å². The van der Waals surface area contributed by atoms with Crippen LogP contribution in [0.4, 0.5) is 0 Å². The Balaban J connectivity index is 4.21. The van der Waals surface area contributed by atoms with Gasteiger partial charge in [-0.1, -0.05) is 211 Å². The Morgan fingerprint density at radius 3 is 1.08 bits per heavy atom. The van der Waals surface area contributed by atoms with Gasteiger partial charge in [-0.05, 0) is 116 Å². The monoisotopic (exact) mass is 1050 g/mol. The first-order chi connectivity index (χ1) is 36.0. The SMILES string of the molecule is CC/C=C\C/C=C\C/C=C\C/C=C\C/C=C\C/C=C\C/C=C\C/C=C\C/C=C\CCCCCCCCCC(=O)OC(COC(=O)CCCCCCC/C=C\C/C=C\C/C=C\CC)COP(=O)(O)OCC[N+](C)(C)C. The maximum atomic E-state index is 12.8. The standard InChI is InChI=1S/C64H104NO8P/c1-6-8-10-12-14-16-18-20-22-23-24-25-26-27-28-29-30-31-32-33-34-35-36-37-38-39-40-41-43-45-47-49-51-53-55-57-64(67)73-62(61-72-74(68,69)71-59-58-65(3,4)5)60-70-63(66)56-54-52-50-48-46-44-42-21-19-17-15-13-11-9-7-2/h8-11,14-17,20-22,24-25,27-28,30-31,33-34,36-37,39-40,42,62H,6-7,12-13,18-19,23,26,29,32,35,38,41,43-61H2,1-5H3/p+1/b10-8-,11-9-,16-14-,17-15-,22-20-,25-24-,28-27-,31-30-,34-33-,37-36-,40-39-,42-21-. The van der Waals surface area contributed by atoms with E-state index in [0.717, 1.165) is 135 Å². The topological polar surface area (TPSA) is 108 Å². The third-order valence-corrected chi connectivity index (χ3v) is 12.3. The molecule has 10 heteroatoms. The Hall–Kier alpha value is -4.11. The van der Waals surface area contributed by atoms with Crippen molar-refractivity contribution in [2.45, 2.75) is 200 Å². The van der Waals surface area contributed by atoms with Crippen LogP contribution in [0.5, 0.6) is 0 Å². The lowest BCUT2D eigenvalue weighted by Crippen LogP contribution is -2.37. The number of esters is 2. The highest BCUT2D eigenvalue weighted by molar-refractivity contribution is 7.47. The summed E-state index contributed by atoms with van der Waals surface area (Å²) in [5, 5.41) is 0. The predicted molar refractivity (Wildman–Crippen MR) is 316 cm³/mol. The highest BCUT2D eigenvalue weighted by Gasteiger charge is 2.27. The quantitative estimate of drug-likeness (QED) is 0.0211. The van der Waals surface area contributed by atoms with Crippen LogP contribution in [0.2, 0.25) is 0 Å². The largest absolute Gasteiger partial charge is 0.472 e. The molecule has 0 amide bonds. The maximum Gasteiger partial charge on any atom is 0.472 e. The number of quaternary nitrogens is 1. The molecule has 0 aromatic heterocycles. The number of likely N-dealkylation sites (N-methyl/N-ethyl adjacent to an activating group) is 1. The van der Waals surface area contributed by atoms with Gasteiger partial charge in [0.15, 0.2) is 6.10 Å². The van der Waals surface area contributed by atoms with Gasteiger partial charge in [0.05, 0.1) is 27.7 Å². The fourth-order valence-corrected chi connectivity index (χ4v) is 7.76. The molecule has 0 bridgehead atoms. The number of carbonyl (C=O) groups excluding carboxylic acids is 2. The van der Waals surface area contributed by atoms with E-state index in [1.807, 2.05) is 21.1 Å². The molecule has 0 aliphatic carbocycles. The van der Waals surface area contributed by atoms with E-state index in [0.29, 0.717) is 23.9 Å². The van der Waals surface area contributed by atoms with Gasteiger partial charge in [0.25, 0.3) is 0 Å². The lowest BCUT2D eigenvalue weighted by atomic mass is 10.1. The summed E-state index contributed by atoms with van der Waals surface area (Å²) >= 11 is 0. The van der Waals surface area contributed by atoms with E-state index in [4.69, 9.17) is 18.5 Å². The third kappa shape index (κ3) is 57.2. The number of allylic oxidation sites excluding steroid dienone is 24. The fourth-order valence-electron chi connectivity index (χ4n) is 7.02. The lowest BCUT2D eigenvalue weighted by Gasteiger charge is -2.24. The van der Waals surface area contributed by atoms with Crippen molar-refractivity contribution >= 4 is 19.8 Å². The van der Waals surface area contributed by atoms with Crippen molar-refractivity contribution in [3.05, 3.63) is 146 Å². The van der Waals surface area contributed by atoms with Gasteiger partial charge >= 0.3 is 19.8 Å². The Labute approximate surface area is 453 Å². The fraction of sp³-hybridized carbons (Fsp3) is 0.594. The first-order valence-electron chi connectivity index (χ1n) is 28.6. The summed E-state index contributed by atoms with van der Waals surface area (Å²) in [6.07, 6.45) is 79.2. The number of unbranched alkanes of at least 4 members (excludes halogenated alkanes) is 12. The van der Waals surface area contributed by atoms with Crippen molar-refractivity contribution in [3.8, 4) is 0 Å². The highest BCUT2D eigenvalue weighted by Crippen LogP contribution is 2.43. The molecule has 418 valence electrons. The maximum absolute atomic E-state index is 12.8. The molecule has 1 N–H and O–H groups in total. The van der Waals surface area contributed by atoms with E-state index in [1.165, 1.54) is 19.3 Å². The molecule has 0 aromatic carbocycles. The zero-order valence-corrected chi connectivity index (χ0v) is 48.2. The second kappa shape index (κ2) is 53.7. The molecule has 0 saturated carbocycles. The third-order valence-electron chi connectivity index (χ3n) is 11.4. The number of ether oxygens (including phenoxy) is 2. The Morgan fingerprint density at radius 2 is 0.730 bits per heavy atom. The summed E-state index contributed by atoms with van der Waals surface area (Å²) in [6, 6.07) is 0. The van der Waals surface area contributed by atoms with Crippen LogP contribution in [0.15, 0.2) is 146 Å². The predicted octanol–water partition coefficient (Wildman–Crippen LogP) is 17.9. The van der Waals surface area contributed by atoms with E-state index < -0.39 is 32.5 Å². The minimum atomic E-state index is -4.40. The number of carbonyl (C=O) groups is 2. The number of hydrogen-bond acceptors (Lipinski definition) is 7. The number of phosphoric ester groups is 1. The Morgan fingerprint density at radius 1 is 0.419 bits per heavy atom. The van der Waals surface area contributed by atoms with E-state index >= 15 is 0 Å². The van der Waals surface area contributed by atoms with Crippen LogP contribution >= 0.6 is 7.82 Å². The minimum Gasteiger partial charge on any atom is -0.462 e. The van der Waals surface area contributed by atoms with Crippen molar-refractivity contribution < 1.29 is 42.1 Å². The van der Waals surface area contributed by atoms with Gasteiger partial charge in [-0.25, -0.2) is 4.57 Å². The average molecular weight is 1050 g/mol. The second-order valence-corrected chi connectivity index (χ2v) is 21.0. The zero-order chi connectivity index (χ0) is 54.2. The van der Waals surface area contributed by atoms with Crippen LogP contribution in [0.1, 0.15) is 194 Å². The summed E-state index contributed by atoms with van der Waals surface area (Å²) in [5.74, 6) is -0.843. The van der Waals surface area contributed by atoms with Crippen molar-refractivity contribution in [1.82, 2.24) is 0 Å². The first kappa shape index (κ1) is 69.9. The summed E-state index contributed by atoms with van der Waals surface area (Å²) in [7, 11) is 1.43. The van der Waals surface area contributed by atoms with Crippen LogP contribution in [0.25, 0.3) is 0 Å². The molecule has 0 radical (unpaired) electrons. The normalized spacial score (nSPS) is 14.4. The molecule has 0 aliphatic rings. The molecule has 9 nitrogen and oxygen atoms in total. The molecule has 2 atom stereocenters. The number of nitrogens with zero attached hydrogens (tertiary/aromatic N) is 1. The van der Waals surface area contributed by atoms with Gasteiger partial charge in [0, 0.05) is 12.8 Å². The minimum absolute atomic E-state index is 0.0180. The molecule has 2 unspecified atom stereocenters. The average Bonchev–Trinajstić information content (AvgIpc) is 3.36. The van der Waals surface area contributed by atoms with Crippen LogP contribution in [-0.2, 0) is 32.7 Å². The Kier molecular flexibility index (Phi) is 50.7. The zero-order valence-electron chi connectivity index (χ0n) is 47.3. The summed E-state index contributed by atoms with van der Waals surface area (Å²) in [6.45, 7) is 4.14. The molecule has 74 heavy (non-hydrogen) atoms. The molecular formula is C64H105NO8P+. The van der Waals surface area contributed by atoms with Crippen molar-refractivity contribution in [2.24, 2.45) is 0 Å². The van der Waals surface area contributed by atoms with Crippen LogP contribution in [0, 0.1) is 0 Å². The van der Waals surface area contributed by atoms with Crippen LogP contribution in [-0.4, -0.2) is 74.9 Å². The van der Waals surface area contributed by atoms with Gasteiger partial charge in [-0.3, -0.25) is 18.6 Å². The second-order valence-electron chi connectivity index (χ2n) is 19.6. The Bertz CT molecular complexity index is 1760. The van der Waals surface area contributed by atoms with Gasteiger partial charge < -0.3 is 18.9 Å². The lowest BCUT2D eigenvalue weighted by molar-refractivity contribution is -0.870. The van der Waals surface area contributed by atoms with Gasteiger partial charge in [0.2, 0.25) is 0 Å². The first-order valence-corrected chi connectivity index (χ1v) is 30.1. The molecule has 0 aliphatic heterocycles. The number of hydrogen-bond donors (Lipinski definition) is 1. The molecule has 0 spiro atoms. The van der Waals surface area contributed by atoms with Gasteiger partial charge in [-0.15, -0.1) is 0 Å². The van der Waals surface area contributed by atoms with E-state index in [1.54, 1.807) is 0 Å². The van der Waals surface area contributed by atoms with E-state index in [2.05, 4.69) is 160 Å². The van der Waals surface area contributed by atoms with Crippen LogP contribution in [0.3, 0.4) is 0 Å². The van der Waals surface area contributed by atoms with Crippen molar-refractivity contribution in [1.29, 1.82) is 0 Å². The van der Waals surface area contributed by atoms with Crippen LogP contribution < -0.4 is 0 Å².